The molecule has 0 radical (unpaired) electrons. The van der Waals surface area contributed by atoms with Gasteiger partial charge in [-0.05, 0) is 42.8 Å². The van der Waals surface area contributed by atoms with Crippen molar-refractivity contribution in [1.29, 1.82) is 5.41 Å². The lowest BCUT2D eigenvalue weighted by atomic mass is 10.1. The van der Waals surface area contributed by atoms with E-state index in [1.807, 2.05) is 49.4 Å². The Balaban J connectivity index is 1.78. The average Bonchev–Trinajstić information content (AvgIpc) is 2.95. The maximum Gasteiger partial charge on any atom is 0.142 e. The predicted molar refractivity (Wildman–Crippen MR) is 90.4 cm³/mol. The van der Waals surface area contributed by atoms with Crippen LogP contribution in [0.5, 0.6) is 5.75 Å². The summed E-state index contributed by atoms with van der Waals surface area (Å²) >= 11 is 0. The van der Waals surface area contributed by atoms with E-state index in [1.165, 1.54) is 5.01 Å². The molecule has 0 spiro atoms. The van der Waals surface area contributed by atoms with E-state index in [9.17, 15) is 0 Å². The standard InChI is InChI=1S/C17H19N5O/c1-11-15-9-13(5-8-16(15)21-20-11)17(18)22(19)10-12-3-6-14(23-2)7-4-12/h3-9,18H,10,19H2,1-2H3,(H,20,21). The van der Waals surface area contributed by atoms with Gasteiger partial charge in [0.2, 0.25) is 0 Å². The molecule has 6 heteroatoms. The van der Waals surface area contributed by atoms with E-state index in [1.54, 1.807) is 7.11 Å². The minimum atomic E-state index is 0.267. The number of H-pyrrole nitrogens is 1. The topological polar surface area (TPSA) is 91.0 Å². The number of ether oxygens (including phenoxy) is 1. The average molecular weight is 309 g/mol. The lowest BCUT2D eigenvalue weighted by molar-refractivity contribution is 0.412. The Bertz CT molecular complexity index is 838. The molecule has 1 aromatic heterocycles. The molecule has 0 bridgehead atoms. The second kappa shape index (κ2) is 6.10. The van der Waals surface area contributed by atoms with E-state index < -0.39 is 0 Å². The molecule has 0 aliphatic rings. The van der Waals surface area contributed by atoms with Crippen LogP contribution in [-0.4, -0.2) is 28.2 Å². The molecule has 118 valence electrons. The number of hydrazine groups is 1. The van der Waals surface area contributed by atoms with E-state index in [0.717, 1.165) is 33.5 Å². The third-order valence-corrected chi connectivity index (χ3v) is 3.82. The molecule has 0 fully saturated rings. The summed E-state index contributed by atoms with van der Waals surface area (Å²) in [5.74, 6) is 7.13. The highest BCUT2D eigenvalue weighted by Gasteiger charge is 2.11. The molecule has 4 N–H and O–H groups in total. The number of nitrogens with zero attached hydrogens (tertiary/aromatic N) is 2. The van der Waals surface area contributed by atoms with Gasteiger partial charge in [-0.2, -0.15) is 5.10 Å². The highest BCUT2D eigenvalue weighted by Crippen LogP contribution is 2.18. The van der Waals surface area contributed by atoms with Gasteiger partial charge in [0.1, 0.15) is 11.6 Å². The molecule has 0 aliphatic carbocycles. The summed E-state index contributed by atoms with van der Waals surface area (Å²) < 4.78 is 5.14. The van der Waals surface area contributed by atoms with Crippen molar-refractivity contribution in [3.8, 4) is 5.75 Å². The first-order valence-electron chi connectivity index (χ1n) is 7.27. The van der Waals surface area contributed by atoms with Crippen molar-refractivity contribution in [3.05, 3.63) is 59.3 Å². The predicted octanol–water partition coefficient (Wildman–Crippen LogP) is 2.58. The van der Waals surface area contributed by atoms with Gasteiger partial charge in [0, 0.05) is 16.6 Å². The van der Waals surface area contributed by atoms with Crippen molar-refractivity contribution in [2.75, 3.05) is 7.11 Å². The van der Waals surface area contributed by atoms with Crippen molar-refractivity contribution < 1.29 is 4.74 Å². The summed E-state index contributed by atoms with van der Waals surface area (Å²) in [6.45, 7) is 2.41. The number of methoxy groups -OCH3 is 1. The fourth-order valence-corrected chi connectivity index (χ4v) is 2.46. The number of fused-ring (bicyclic) bond motifs is 1. The number of nitrogens with one attached hydrogen (secondary N) is 2. The number of aromatic nitrogens is 2. The molecule has 0 saturated heterocycles. The van der Waals surface area contributed by atoms with Crippen LogP contribution in [0, 0.1) is 12.3 Å². The van der Waals surface area contributed by atoms with Gasteiger partial charge in [-0.1, -0.05) is 12.1 Å². The van der Waals surface area contributed by atoms with Crippen LogP contribution in [0.2, 0.25) is 0 Å². The highest BCUT2D eigenvalue weighted by atomic mass is 16.5. The molecule has 0 amide bonds. The van der Waals surface area contributed by atoms with Gasteiger partial charge in [0.15, 0.2) is 0 Å². The number of aromatic amines is 1. The first kappa shape index (κ1) is 15.1. The molecule has 0 saturated carbocycles. The normalized spacial score (nSPS) is 10.7. The third-order valence-electron chi connectivity index (χ3n) is 3.82. The Morgan fingerprint density at radius 2 is 2.00 bits per heavy atom. The van der Waals surface area contributed by atoms with Gasteiger partial charge < -0.3 is 4.74 Å². The zero-order valence-electron chi connectivity index (χ0n) is 13.1. The molecule has 23 heavy (non-hydrogen) atoms. The largest absolute Gasteiger partial charge is 0.497 e. The van der Waals surface area contributed by atoms with Crippen LogP contribution < -0.4 is 10.6 Å². The van der Waals surface area contributed by atoms with E-state index in [4.69, 9.17) is 16.0 Å². The number of hydrogen-bond acceptors (Lipinski definition) is 4. The minimum absolute atomic E-state index is 0.267. The van der Waals surface area contributed by atoms with Crippen LogP contribution in [0.25, 0.3) is 10.9 Å². The third kappa shape index (κ3) is 3.02. The monoisotopic (exact) mass is 309 g/mol. The van der Waals surface area contributed by atoms with Crippen molar-refractivity contribution in [3.63, 3.8) is 0 Å². The molecular formula is C17H19N5O. The second-order valence-corrected chi connectivity index (χ2v) is 5.41. The van der Waals surface area contributed by atoms with E-state index in [-0.39, 0.29) is 5.84 Å². The van der Waals surface area contributed by atoms with E-state index >= 15 is 0 Å². The molecule has 3 rings (SSSR count). The smallest absolute Gasteiger partial charge is 0.142 e. The Morgan fingerprint density at radius 3 is 2.70 bits per heavy atom. The van der Waals surface area contributed by atoms with E-state index in [2.05, 4.69) is 10.2 Å². The van der Waals surface area contributed by atoms with Crippen LogP contribution in [-0.2, 0) is 6.54 Å². The van der Waals surface area contributed by atoms with E-state index in [0.29, 0.717) is 6.54 Å². The van der Waals surface area contributed by atoms with Crippen LogP contribution >= 0.6 is 0 Å². The van der Waals surface area contributed by atoms with Crippen molar-refractivity contribution >= 4 is 16.7 Å². The fraction of sp³-hybridized carbons (Fsp3) is 0.176. The number of amidine groups is 1. The number of nitrogens with two attached hydrogens (primary N) is 1. The molecule has 1 heterocycles. The first-order chi connectivity index (χ1) is 11.1. The fourth-order valence-electron chi connectivity index (χ4n) is 2.46. The molecule has 0 unspecified atom stereocenters. The summed E-state index contributed by atoms with van der Waals surface area (Å²) in [5, 5.41) is 17.9. The summed E-state index contributed by atoms with van der Waals surface area (Å²) in [4.78, 5) is 0. The Kier molecular flexibility index (Phi) is 3.99. The van der Waals surface area contributed by atoms with Crippen molar-refractivity contribution in [1.82, 2.24) is 15.2 Å². The number of hydrogen-bond donors (Lipinski definition) is 3. The van der Waals surface area contributed by atoms with Gasteiger partial charge in [-0.25, -0.2) is 5.84 Å². The lowest BCUT2D eigenvalue weighted by Crippen LogP contribution is -2.36. The van der Waals surface area contributed by atoms with Gasteiger partial charge in [-0.3, -0.25) is 15.5 Å². The van der Waals surface area contributed by atoms with Gasteiger partial charge in [0.25, 0.3) is 0 Å². The molecule has 6 nitrogen and oxygen atoms in total. The molecule has 3 aromatic rings. The zero-order chi connectivity index (χ0) is 16.4. The summed E-state index contributed by atoms with van der Waals surface area (Å²) in [6.07, 6.45) is 0. The van der Waals surface area contributed by atoms with Crippen LogP contribution in [0.3, 0.4) is 0 Å². The molecule has 0 atom stereocenters. The molecule has 2 aromatic carbocycles. The number of benzene rings is 2. The quantitative estimate of drug-likeness (QED) is 0.299. The Hall–Kier alpha value is -2.86. The zero-order valence-corrected chi connectivity index (χ0v) is 13.1. The summed E-state index contributed by atoms with van der Waals surface area (Å²) in [6, 6.07) is 13.3. The number of rotatable bonds is 4. The minimum Gasteiger partial charge on any atom is -0.497 e. The highest BCUT2D eigenvalue weighted by molar-refractivity contribution is 5.99. The Morgan fingerprint density at radius 1 is 1.26 bits per heavy atom. The second-order valence-electron chi connectivity index (χ2n) is 5.41. The van der Waals surface area contributed by atoms with Crippen LogP contribution in [0.15, 0.2) is 42.5 Å². The Labute approximate surface area is 134 Å². The maximum absolute atomic E-state index is 8.31. The molecule has 0 aliphatic heterocycles. The van der Waals surface area contributed by atoms with Crippen LogP contribution in [0.4, 0.5) is 0 Å². The summed E-state index contributed by atoms with van der Waals surface area (Å²) in [7, 11) is 1.63. The van der Waals surface area contributed by atoms with Gasteiger partial charge in [-0.15, -0.1) is 0 Å². The number of aryl methyl sites for hydroxylation is 1. The van der Waals surface area contributed by atoms with Crippen molar-refractivity contribution in [2.24, 2.45) is 5.84 Å². The summed E-state index contributed by atoms with van der Waals surface area (Å²) in [5.41, 5.74) is 3.64. The van der Waals surface area contributed by atoms with Crippen LogP contribution in [0.1, 0.15) is 16.8 Å². The van der Waals surface area contributed by atoms with Gasteiger partial charge >= 0.3 is 0 Å². The molecular weight excluding hydrogens is 290 g/mol. The van der Waals surface area contributed by atoms with Crippen molar-refractivity contribution in [2.45, 2.75) is 13.5 Å². The lowest BCUT2D eigenvalue weighted by Gasteiger charge is -2.19. The first-order valence-corrected chi connectivity index (χ1v) is 7.27. The van der Waals surface area contributed by atoms with Gasteiger partial charge in [0.05, 0.1) is 19.2 Å². The maximum atomic E-state index is 8.31. The SMILES string of the molecule is COc1ccc(CN(N)C(=N)c2ccc3n[nH]c(C)c3c2)cc1.